The van der Waals surface area contributed by atoms with Crippen LogP contribution in [0.5, 0.6) is 0 Å². The predicted molar refractivity (Wildman–Crippen MR) is 79.3 cm³/mol. The van der Waals surface area contributed by atoms with Crippen molar-refractivity contribution in [2.45, 2.75) is 16.1 Å². The number of fused-ring (bicyclic) bond motifs is 3. The lowest BCUT2D eigenvalue weighted by Gasteiger charge is -2.17. The van der Waals surface area contributed by atoms with Crippen LogP contribution in [0.2, 0.25) is 0 Å². The summed E-state index contributed by atoms with van der Waals surface area (Å²) in [5, 5.41) is 3.47. The van der Waals surface area contributed by atoms with Gasteiger partial charge < -0.3 is 4.90 Å². The summed E-state index contributed by atoms with van der Waals surface area (Å²) in [6.07, 6.45) is 1.57. The predicted octanol–water partition coefficient (Wildman–Crippen LogP) is 0.816. The average Bonchev–Trinajstić information content (AvgIpc) is 3.16. The van der Waals surface area contributed by atoms with E-state index in [1.807, 2.05) is 12.1 Å². The Morgan fingerprint density at radius 2 is 2.00 bits per heavy atom. The molecule has 0 spiro atoms. The number of likely N-dealkylation sites (tertiary alicyclic amines) is 1. The van der Waals surface area contributed by atoms with Crippen molar-refractivity contribution in [1.29, 1.82) is 0 Å². The van der Waals surface area contributed by atoms with Gasteiger partial charge in [-0.15, -0.1) is 0 Å². The summed E-state index contributed by atoms with van der Waals surface area (Å²) in [5.41, 5.74) is 1.32. The van der Waals surface area contributed by atoms with Crippen LogP contribution in [-0.4, -0.2) is 47.3 Å². The third-order valence-corrected chi connectivity index (χ3v) is 6.88. The standard InChI is InChI=1S/C15H15N3O3S/c1-17-12(6-7-16-17)15(19)18-8-11-10-4-2-3-5-13(10)22(20,21)14(11)9-18/h2-7,11,14H,8-9H2,1H3/t11-,14-/m0/s1. The van der Waals surface area contributed by atoms with Gasteiger partial charge in [-0.25, -0.2) is 8.42 Å². The Labute approximate surface area is 128 Å². The highest BCUT2D eigenvalue weighted by atomic mass is 32.2. The van der Waals surface area contributed by atoms with E-state index in [4.69, 9.17) is 0 Å². The highest BCUT2D eigenvalue weighted by molar-refractivity contribution is 7.92. The molecule has 2 aliphatic rings. The summed E-state index contributed by atoms with van der Waals surface area (Å²) in [7, 11) is -1.64. The summed E-state index contributed by atoms with van der Waals surface area (Å²) in [5.74, 6) is -0.291. The van der Waals surface area contributed by atoms with Gasteiger partial charge in [0.05, 0.1) is 10.1 Å². The van der Waals surface area contributed by atoms with Crippen molar-refractivity contribution in [2.75, 3.05) is 13.1 Å². The van der Waals surface area contributed by atoms with Crippen molar-refractivity contribution >= 4 is 15.7 Å². The second-order valence-corrected chi connectivity index (χ2v) is 7.91. The molecule has 0 N–H and O–H groups in total. The van der Waals surface area contributed by atoms with Crippen LogP contribution in [0, 0.1) is 0 Å². The normalized spacial score (nSPS) is 25.0. The van der Waals surface area contributed by atoms with Gasteiger partial charge in [0.2, 0.25) is 0 Å². The molecule has 4 rings (SSSR count). The van der Waals surface area contributed by atoms with Crippen LogP contribution in [0.4, 0.5) is 0 Å². The maximum Gasteiger partial charge on any atom is 0.272 e. The van der Waals surface area contributed by atoms with Crippen molar-refractivity contribution in [3.63, 3.8) is 0 Å². The van der Waals surface area contributed by atoms with Gasteiger partial charge in [-0.3, -0.25) is 9.48 Å². The largest absolute Gasteiger partial charge is 0.335 e. The lowest BCUT2D eigenvalue weighted by Crippen LogP contribution is -2.32. The van der Waals surface area contributed by atoms with Gasteiger partial charge in [0, 0.05) is 32.3 Å². The van der Waals surface area contributed by atoms with Crippen LogP contribution in [0.15, 0.2) is 41.4 Å². The van der Waals surface area contributed by atoms with Crippen LogP contribution in [0.3, 0.4) is 0 Å². The fourth-order valence-corrected chi connectivity index (χ4v) is 5.69. The van der Waals surface area contributed by atoms with Gasteiger partial charge in [-0.05, 0) is 17.7 Å². The molecular formula is C15H15N3O3S. The monoisotopic (exact) mass is 317 g/mol. The number of carbonyl (C=O) groups is 1. The molecule has 0 unspecified atom stereocenters. The molecule has 1 amide bonds. The summed E-state index contributed by atoms with van der Waals surface area (Å²) in [6, 6.07) is 8.77. The maximum atomic E-state index is 12.6. The molecular weight excluding hydrogens is 302 g/mol. The number of sulfone groups is 1. The van der Waals surface area contributed by atoms with Gasteiger partial charge in [-0.1, -0.05) is 18.2 Å². The topological polar surface area (TPSA) is 72.3 Å². The van der Waals surface area contributed by atoms with E-state index < -0.39 is 15.1 Å². The van der Waals surface area contributed by atoms with Gasteiger partial charge in [0.15, 0.2) is 9.84 Å². The van der Waals surface area contributed by atoms with E-state index >= 15 is 0 Å². The van der Waals surface area contributed by atoms with Gasteiger partial charge in [0.25, 0.3) is 5.91 Å². The number of rotatable bonds is 1. The summed E-state index contributed by atoms with van der Waals surface area (Å²) < 4.78 is 26.8. The van der Waals surface area contributed by atoms with Crippen molar-refractivity contribution in [1.82, 2.24) is 14.7 Å². The van der Waals surface area contributed by atoms with E-state index in [9.17, 15) is 13.2 Å². The fourth-order valence-electron chi connectivity index (χ4n) is 3.51. The molecule has 114 valence electrons. The molecule has 0 bridgehead atoms. The first-order chi connectivity index (χ1) is 10.5. The first-order valence-electron chi connectivity index (χ1n) is 7.10. The van der Waals surface area contributed by atoms with Crippen LogP contribution < -0.4 is 0 Å². The number of nitrogens with zero attached hydrogens (tertiary/aromatic N) is 3. The number of amides is 1. The second-order valence-electron chi connectivity index (χ2n) is 5.78. The average molecular weight is 317 g/mol. The SMILES string of the molecule is Cn1nccc1C(=O)N1C[C@H]2c3ccccc3S(=O)(=O)[C@H]2C1. The molecule has 2 aromatic rings. The number of hydrogen-bond acceptors (Lipinski definition) is 4. The number of carbonyl (C=O) groups excluding carboxylic acids is 1. The highest BCUT2D eigenvalue weighted by Crippen LogP contribution is 2.44. The molecule has 22 heavy (non-hydrogen) atoms. The molecule has 0 radical (unpaired) electrons. The zero-order valence-corrected chi connectivity index (χ0v) is 12.8. The molecule has 7 heteroatoms. The number of hydrogen-bond donors (Lipinski definition) is 0. The first kappa shape index (κ1) is 13.5. The number of aromatic nitrogens is 2. The van der Waals surface area contributed by atoms with Crippen LogP contribution in [-0.2, 0) is 16.9 Å². The lowest BCUT2D eigenvalue weighted by molar-refractivity contribution is 0.0780. The molecule has 1 fully saturated rings. The molecule has 0 aliphatic carbocycles. The van der Waals surface area contributed by atoms with Crippen LogP contribution in [0.1, 0.15) is 22.0 Å². The smallest absolute Gasteiger partial charge is 0.272 e. The zero-order valence-electron chi connectivity index (χ0n) is 12.0. The molecule has 2 aliphatic heterocycles. The van der Waals surface area contributed by atoms with Crippen molar-refractivity contribution in [3.8, 4) is 0 Å². The van der Waals surface area contributed by atoms with E-state index in [-0.39, 0.29) is 18.4 Å². The highest BCUT2D eigenvalue weighted by Gasteiger charge is 2.51. The van der Waals surface area contributed by atoms with Crippen molar-refractivity contribution in [3.05, 3.63) is 47.8 Å². The van der Waals surface area contributed by atoms with E-state index in [1.165, 1.54) is 4.68 Å². The number of benzene rings is 1. The Morgan fingerprint density at radius 3 is 2.73 bits per heavy atom. The van der Waals surface area contributed by atoms with Gasteiger partial charge >= 0.3 is 0 Å². The zero-order chi connectivity index (χ0) is 15.5. The van der Waals surface area contributed by atoms with Crippen LogP contribution >= 0.6 is 0 Å². The minimum absolute atomic E-state index is 0.127. The maximum absolute atomic E-state index is 12.6. The first-order valence-corrected chi connectivity index (χ1v) is 8.65. The molecule has 6 nitrogen and oxygen atoms in total. The third kappa shape index (κ3) is 1.68. The Morgan fingerprint density at radius 1 is 1.23 bits per heavy atom. The molecule has 1 saturated heterocycles. The van der Waals surface area contributed by atoms with Gasteiger partial charge in [0.1, 0.15) is 5.69 Å². The molecule has 2 atom stereocenters. The van der Waals surface area contributed by atoms with Crippen molar-refractivity contribution in [2.24, 2.45) is 7.05 Å². The van der Waals surface area contributed by atoms with Crippen molar-refractivity contribution < 1.29 is 13.2 Å². The molecule has 0 saturated carbocycles. The van der Waals surface area contributed by atoms with Gasteiger partial charge in [-0.2, -0.15) is 5.10 Å². The Bertz CT molecular complexity index is 872. The van der Waals surface area contributed by atoms with E-state index in [1.54, 1.807) is 36.3 Å². The Balaban J connectivity index is 1.70. The summed E-state index contributed by atoms with van der Waals surface area (Å²) in [6.45, 7) is 0.677. The second kappa shape index (κ2) is 4.42. The Hall–Kier alpha value is -2.15. The van der Waals surface area contributed by atoms with E-state index in [0.717, 1.165) is 5.56 Å². The fraction of sp³-hybridized carbons (Fsp3) is 0.333. The third-order valence-electron chi connectivity index (χ3n) is 4.62. The van der Waals surface area contributed by atoms with E-state index in [2.05, 4.69) is 5.10 Å². The van der Waals surface area contributed by atoms with Crippen LogP contribution in [0.25, 0.3) is 0 Å². The lowest BCUT2D eigenvalue weighted by atomic mass is 9.99. The summed E-state index contributed by atoms with van der Waals surface area (Å²) in [4.78, 5) is 14.6. The molecule has 1 aromatic heterocycles. The number of aryl methyl sites for hydroxylation is 1. The minimum atomic E-state index is -3.34. The minimum Gasteiger partial charge on any atom is -0.335 e. The van der Waals surface area contributed by atoms with E-state index in [0.29, 0.717) is 17.1 Å². The molecule has 3 heterocycles. The Kier molecular flexibility index (Phi) is 2.72. The quantitative estimate of drug-likeness (QED) is 0.780. The molecule has 1 aromatic carbocycles. The summed E-state index contributed by atoms with van der Waals surface area (Å²) >= 11 is 0.